The first-order chi connectivity index (χ1) is 8.61. The Kier molecular flexibility index (Phi) is 2.89. The van der Waals surface area contributed by atoms with Crippen LogP contribution < -0.4 is 0 Å². The van der Waals surface area contributed by atoms with Crippen molar-refractivity contribution in [2.75, 3.05) is 6.61 Å². The van der Waals surface area contributed by atoms with Crippen LogP contribution in [0.2, 0.25) is 0 Å². The number of carbonyl (C=O) groups excluding carboxylic acids is 1. The van der Waals surface area contributed by atoms with Crippen LogP contribution in [0.3, 0.4) is 0 Å². The van der Waals surface area contributed by atoms with E-state index in [0.29, 0.717) is 5.65 Å². The van der Waals surface area contributed by atoms with Crippen molar-refractivity contribution in [3.8, 4) is 6.07 Å². The molecule has 1 unspecified atom stereocenters. The van der Waals surface area contributed by atoms with E-state index in [1.54, 1.807) is 13.0 Å². The van der Waals surface area contributed by atoms with Gasteiger partial charge < -0.3 is 4.74 Å². The highest BCUT2D eigenvalue weighted by atomic mass is 16.5. The van der Waals surface area contributed by atoms with E-state index in [4.69, 9.17) is 4.74 Å². The Labute approximate surface area is 102 Å². The van der Waals surface area contributed by atoms with Gasteiger partial charge in [0, 0.05) is 0 Å². The first-order valence-corrected chi connectivity index (χ1v) is 5.26. The van der Waals surface area contributed by atoms with Crippen LogP contribution in [-0.2, 0) is 14.9 Å². The predicted octanol–water partition coefficient (Wildman–Crippen LogP) is -0.136. The summed E-state index contributed by atoms with van der Waals surface area (Å²) in [5.41, 5.74) is -0.804. The van der Waals surface area contributed by atoms with E-state index in [2.05, 4.69) is 20.6 Å². The summed E-state index contributed by atoms with van der Waals surface area (Å²) in [6.45, 7) is 3.32. The van der Waals surface area contributed by atoms with Crippen LogP contribution in [0.1, 0.15) is 19.5 Å². The number of aromatic nitrogens is 5. The molecule has 8 nitrogen and oxygen atoms in total. The number of ether oxygens (including phenoxy) is 1. The van der Waals surface area contributed by atoms with Gasteiger partial charge in [0.25, 0.3) is 0 Å². The minimum absolute atomic E-state index is 0.198. The molecule has 0 bridgehead atoms. The quantitative estimate of drug-likeness (QED) is 0.694. The Morgan fingerprint density at radius 2 is 2.39 bits per heavy atom. The van der Waals surface area contributed by atoms with Gasteiger partial charge in [-0.2, -0.15) is 5.26 Å². The summed E-state index contributed by atoms with van der Waals surface area (Å²) < 4.78 is 6.04. The van der Waals surface area contributed by atoms with E-state index >= 15 is 0 Å². The number of hydrogen-bond donors (Lipinski definition) is 0. The predicted molar refractivity (Wildman–Crippen MR) is 58.2 cm³/mol. The van der Waals surface area contributed by atoms with Gasteiger partial charge in [-0.1, -0.05) is 0 Å². The van der Waals surface area contributed by atoms with Crippen LogP contribution in [0.4, 0.5) is 0 Å². The van der Waals surface area contributed by atoms with Crippen LogP contribution in [0.5, 0.6) is 0 Å². The zero-order valence-corrected chi connectivity index (χ0v) is 9.86. The standard InChI is InChI=1S/C10H10N6O2/c1-3-18-9(17)10(2,6-11)7-4-5-8-12-14-15-16(8)13-7/h4-5H,3H2,1-2H3. The van der Waals surface area contributed by atoms with Crippen LogP contribution in [0.15, 0.2) is 12.1 Å². The minimum Gasteiger partial charge on any atom is -0.465 e. The summed E-state index contributed by atoms with van der Waals surface area (Å²) in [5, 5.41) is 24.0. The van der Waals surface area contributed by atoms with E-state index < -0.39 is 11.4 Å². The Bertz CT molecular complexity index is 631. The average Bonchev–Trinajstić information content (AvgIpc) is 2.85. The van der Waals surface area contributed by atoms with Gasteiger partial charge in [-0.25, -0.2) is 4.79 Å². The maximum absolute atomic E-state index is 11.8. The van der Waals surface area contributed by atoms with Gasteiger partial charge in [0.1, 0.15) is 0 Å². The van der Waals surface area contributed by atoms with Crippen molar-refractivity contribution in [1.82, 2.24) is 25.3 Å². The van der Waals surface area contributed by atoms with Gasteiger partial charge >= 0.3 is 5.97 Å². The molecule has 0 aliphatic rings. The van der Waals surface area contributed by atoms with Crippen LogP contribution in [-0.4, -0.2) is 37.8 Å². The first kappa shape index (κ1) is 11.9. The summed E-state index contributed by atoms with van der Waals surface area (Å²) >= 11 is 0. The average molecular weight is 246 g/mol. The lowest BCUT2D eigenvalue weighted by Gasteiger charge is -2.18. The third-order valence-electron chi connectivity index (χ3n) is 2.49. The second-order valence-electron chi connectivity index (χ2n) is 3.70. The third kappa shape index (κ3) is 1.75. The van der Waals surface area contributed by atoms with Crippen molar-refractivity contribution in [3.05, 3.63) is 17.8 Å². The first-order valence-electron chi connectivity index (χ1n) is 5.26. The second kappa shape index (κ2) is 4.37. The molecule has 0 spiro atoms. The lowest BCUT2D eigenvalue weighted by atomic mass is 9.88. The number of tetrazole rings is 1. The minimum atomic E-state index is -1.48. The monoisotopic (exact) mass is 246 g/mol. The van der Waals surface area contributed by atoms with Crippen molar-refractivity contribution >= 4 is 11.6 Å². The number of nitriles is 1. The van der Waals surface area contributed by atoms with Gasteiger partial charge in [0.05, 0.1) is 18.4 Å². The molecule has 0 saturated carbocycles. The van der Waals surface area contributed by atoms with Gasteiger partial charge in [-0.15, -0.1) is 14.8 Å². The molecule has 0 N–H and O–H groups in total. The molecule has 0 aromatic carbocycles. The Morgan fingerprint density at radius 1 is 1.61 bits per heavy atom. The van der Waals surface area contributed by atoms with Gasteiger partial charge in [-0.3, -0.25) is 0 Å². The number of rotatable bonds is 3. The van der Waals surface area contributed by atoms with Crippen LogP contribution >= 0.6 is 0 Å². The SMILES string of the molecule is CCOC(=O)C(C)(C#N)c1ccc2nnnn2n1. The molecular formula is C10H10N6O2. The Balaban J connectivity index is 2.49. The highest BCUT2D eigenvalue weighted by Crippen LogP contribution is 2.22. The maximum Gasteiger partial charge on any atom is 0.332 e. The van der Waals surface area contributed by atoms with E-state index in [0.717, 1.165) is 4.63 Å². The molecular weight excluding hydrogens is 236 g/mol. The molecule has 0 fully saturated rings. The number of hydrogen-bond acceptors (Lipinski definition) is 7. The number of carbonyl (C=O) groups is 1. The Morgan fingerprint density at radius 3 is 3.06 bits per heavy atom. The van der Waals surface area contributed by atoms with Gasteiger partial charge in [0.15, 0.2) is 11.1 Å². The van der Waals surface area contributed by atoms with Gasteiger partial charge in [0.2, 0.25) is 0 Å². The summed E-state index contributed by atoms with van der Waals surface area (Å²) in [7, 11) is 0. The number of fused-ring (bicyclic) bond motifs is 1. The highest BCUT2D eigenvalue weighted by molar-refractivity contribution is 5.85. The van der Waals surface area contributed by atoms with Crippen molar-refractivity contribution in [2.45, 2.75) is 19.3 Å². The van der Waals surface area contributed by atoms with Crippen molar-refractivity contribution in [2.24, 2.45) is 0 Å². The summed E-state index contributed by atoms with van der Waals surface area (Å²) in [6.07, 6.45) is 0. The molecule has 2 aromatic rings. The van der Waals surface area contributed by atoms with E-state index in [-0.39, 0.29) is 12.3 Å². The summed E-state index contributed by atoms with van der Waals surface area (Å²) in [5.74, 6) is -0.646. The van der Waals surface area contributed by atoms with E-state index in [1.807, 2.05) is 6.07 Å². The second-order valence-corrected chi connectivity index (χ2v) is 3.70. The molecule has 0 aliphatic carbocycles. The van der Waals surface area contributed by atoms with E-state index in [1.165, 1.54) is 13.0 Å². The fraction of sp³-hybridized carbons (Fsp3) is 0.400. The molecule has 1 atom stereocenters. The molecule has 92 valence electrons. The van der Waals surface area contributed by atoms with E-state index in [9.17, 15) is 10.1 Å². The largest absolute Gasteiger partial charge is 0.465 e. The molecule has 0 aliphatic heterocycles. The molecule has 8 heteroatoms. The molecule has 18 heavy (non-hydrogen) atoms. The molecule has 2 aromatic heterocycles. The highest BCUT2D eigenvalue weighted by Gasteiger charge is 2.39. The smallest absolute Gasteiger partial charge is 0.332 e. The number of nitrogens with zero attached hydrogens (tertiary/aromatic N) is 6. The van der Waals surface area contributed by atoms with Gasteiger partial charge in [-0.05, 0) is 36.4 Å². The summed E-state index contributed by atoms with van der Waals surface area (Å²) in [6, 6.07) is 5.03. The van der Waals surface area contributed by atoms with Crippen molar-refractivity contribution in [1.29, 1.82) is 5.26 Å². The summed E-state index contributed by atoms with van der Waals surface area (Å²) in [4.78, 5) is 11.8. The molecule has 2 heterocycles. The fourth-order valence-electron chi connectivity index (χ4n) is 1.40. The molecule has 2 rings (SSSR count). The molecule has 0 radical (unpaired) electrons. The van der Waals surface area contributed by atoms with Crippen molar-refractivity contribution in [3.63, 3.8) is 0 Å². The lowest BCUT2D eigenvalue weighted by Crippen LogP contribution is -2.34. The lowest BCUT2D eigenvalue weighted by molar-refractivity contribution is -0.147. The molecule has 0 saturated heterocycles. The number of esters is 1. The zero-order chi connectivity index (χ0) is 13.2. The van der Waals surface area contributed by atoms with Crippen LogP contribution in [0, 0.1) is 11.3 Å². The molecule has 0 amide bonds. The topological polar surface area (TPSA) is 106 Å². The zero-order valence-electron chi connectivity index (χ0n) is 9.86. The maximum atomic E-state index is 11.8. The normalized spacial score (nSPS) is 13.8. The van der Waals surface area contributed by atoms with Crippen molar-refractivity contribution < 1.29 is 9.53 Å². The fourth-order valence-corrected chi connectivity index (χ4v) is 1.40. The van der Waals surface area contributed by atoms with Crippen LogP contribution in [0.25, 0.3) is 5.65 Å². The third-order valence-corrected chi connectivity index (χ3v) is 2.49. The Hall–Kier alpha value is -2.56.